The number of ether oxygens (including phenoxy) is 1. The molecule has 0 bridgehead atoms. The Balaban J connectivity index is 1.55. The Morgan fingerprint density at radius 3 is 2.85 bits per heavy atom. The Bertz CT molecular complexity index is 781. The van der Waals surface area contributed by atoms with E-state index in [-0.39, 0.29) is 17.4 Å². The van der Waals surface area contributed by atoms with Crippen LogP contribution in [0.1, 0.15) is 55.8 Å². The SMILES string of the molecule is CCO[C@@H]1C[C@H](N(C)C(=O)c2cccc(-n3ccnc3)c2)C12CCCCC2. The molecule has 5 heteroatoms. The maximum absolute atomic E-state index is 13.3. The molecule has 2 aliphatic carbocycles. The monoisotopic (exact) mass is 367 g/mol. The van der Waals surface area contributed by atoms with E-state index < -0.39 is 0 Å². The number of imidazole rings is 1. The molecule has 2 aliphatic rings. The average molecular weight is 367 g/mol. The minimum atomic E-state index is 0.0989. The van der Waals surface area contributed by atoms with Crippen molar-refractivity contribution in [3.8, 4) is 5.69 Å². The molecule has 5 nitrogen and oxygen atoms in total. The molecular weight excluding hydrogens is 338 g/mol. The van der Waals surface area contributed by atoms with Gasteiger partial charge in [-0.25, -0.2) is 4.98 Å². The van der Waals surface area contributed by atoms with Gasteiger partial charge in [-0.2, -0.15) is 0 Å². The third-order valence-electron chi connectivity index (χ3n) is 6.58. The summed E-state index contributed by atoms with van der Waals surface area (Å²) in [4.78, 5) is 19.3. The highest BCUT2D eigenvalue weighted by Crippen LogP contribution is 2.55. The maximum atomic E-state index is 13.3. The fourth-order valence-electron chi connectivity index (χ4n) is 5.13. The zero-order valence-corrected chi connectivity index (χ0v) is 16.3. The lowest BCUT2D eigenvalue weighted by atomic mass is 9.54. The summed E-state index contributed by atoms with van der Waals surface area (Å²) in [5.74, 6) is 0.0989. The molecule has 27 heavy (non-hydrogen) atoms. The number of carbonyl (C=O) groups excluding carboxylic acids is 1. The van der Waals surface area contributed by atoms with Gasteiger partial charge in [-0.05, 0) is 44.4 Å². The smallest absolute Gasteiger partial charge is 0.253 e. The topological polar surface area (TPSA) is 47.4 Å². The summed E-state index contributed by atoms with van der Waals surface area (Å²) in [6, 6.07) is 8.07. The van der Waals surface area contributed by atoms with Gasteiger partial charge in [0, 0.05) is 48.8 Å². The first-order valence-electron chi connectivity index (χ1n) is 10.1. The highest BCUT2D eigenvalue weighted by molar-refractivity contribution is 5.95. The summed E-state index contributed by atoms with van der Waals surface area (Å²) >= 11 is 0. The number of nitrogens with zero attached hydrogens (tertiary/aromatic N) is 3. The van der Waals surface area contributed by atoms with Crippen LogP contribution < -0.4 is 0 Å². The van der Waals surface area contributed by atoms with Crippen LogP contribution in [0.25, 0.3) is 5.69 Å². The van der Waals surface area contributed by atoms with E-state index in [4.69, 9.17) is 4.74 Å². The molecule has 1 heterocycles. The molecule has 144 valence electrons. The highest BCUT2D eigenvalue weighted by atomic mass is 16.5. The van der Waals surface area contributed by atoms with Crippen molar-refractivity contribution < 1.29 is 9.53 Å². The molecule has 1 amide bonds. The third kappa shape index (κ3) is 3.18. The van der Waals surface area contributed by atoms with Crippen molar-refractivity contribution in [3.63, 3.8) is 0 Å². The summed E-state index contributed by atoms with van der Waals surface area (Å²) in [6.45, 7) is 2.82. The zero-order chi connectivity index (χ0) is 18.9. The molecule has 0 aliphatic heterocycles. The Kier molecular flexibility index (Phi) is 5.04. The van der Waals surface area contributed by atoms with E-state index in [1.807, 2.05) is 47.0 Å². The van der Waals surface area contributed by atoms with Crippen LogP contribution in [0.2, 0.25) is 0 Å². The number of amides is 1. The Labute approximate surface area is 161 Å². The van der Waals surface area contributed by atoms with Gasteiger partial charge in [-0.1, -0.05) is 25.3 Å². The fourth-order valence-corrected chi connectivity index (χ4v) is 5.13. The lowest BCUT2D eigenvalue weighted by Gasteiger charge is -2.60. The van der Waals surface area contributed by atoms with E-state index in [9.17, 15) is 4.79 Å². The molecule has 1 aromatic heterocycles. The predicted molar refractivity (Wildman–Crippen MR) is 105 cm³/mol. The third-order valence-corrected chi connectivity index (χ3v) is 6.58. The van der Waals surface area contributed by atoms with Crippen LogP contribution in [0.5, 0.6) is 0 Å². The van der Waals surface area contributed by atoms with Gasteiger partial charge in [0.15, 0.2) is 0 Å². The van der Waals surface area contributed by atoms with Crippen molar-refractivity contribution >= 4 is 5.91 Å². The van der Waals surface area contributed by atoms with Crippen molar-refractivity contribution in [1.82, 2.24) is 14.5 Å². The number of aromatic nitrogens is 2. The molecule has 0 saturated heterocycles. The summed E-state index contributed by atoms with van der Waals surface area (Å²) in [7, 11) is 1.97. The van der Waals surface area contributed by atoms with Crippen LogP contribution in [0.4, 0.5) is 0 Å². The molecule has 0 unspecified atom stereocenters. The molecule has 1 spiro atoms. The minimum absolute atomic E-state index is 0.0989. The molecule has 0 radical (unpaired) electrons. The van der Waals surface area contributed by atoms with Gasteiger partial charge in [-0.15, -0.1) is 0 Å². The van der Waals surface area contributed by atoms with E-state index >= 15 is 0 Å². The maximum Gasteiger partial charge on any atom is 0.253 e. The average Bonchev–Trinajstić information content (AvgIpc) is 3.25. The van der Waals surface area contributed by atoms with Gasteiger partial charge in [0.25, 0.3) is 5.91 Å². The first-order chi connectivity index (χ1) is 13.2. The Morgan fingerprint density at radius 2 is 2.15 bits per heavy atom. The van der Waals surface area contributed by atoms with Gasteiger partial charge in [0.2, 0.25) is 0 Å². The second-order valence-electron chi connectivity index (χ2n) is 7.93. The number of hydrogen-bond acceptors (Lipinski definition) is 3. The first-order valence-corrected chi connectivity index (χ1v) is 10.1. The van der Waals surface area contributed by atoms with Crippen LogP contribution in [-0.4, -0.2) is 46.2 Å². The summed E-state index contributed by atoms with van der Waals surface area (Å²) in [5.41, 5.74) is 1.84. The fraction of sp³-hybridized carbons (Fsp3) is 0.545. The van der Waals surface area contributed by atoms with Crippen molar-refractivity contribution in [1.29, 1.82) is 0 Å². The Hall–Kier alpha value is -2.14. The molecular formula is C22H29N3O2. The van der Waals surface area contributed by atoms with E-state index in [2.05, 4.69) is 11.9 Å². The molecule has 0 N–H and O–H groups in total. The molecule has 4 rings (SSSR count). The van der Waals surface area contributed by atoms with Crippen LogP contribution >= 0.6 is 0 Å². The van der Waals surface area contributed by atoms with E-state index in [1.54, 1.807) is 12.5 Å². The van der Waals surface area contributed by atoms with Gasteiger partial charge >= 0.3 is 0 Å². The van der Waals surface area contributed by atoms with E-state index in [1.165, 1.54) is 32.1 Å². The number of rotatable bonds is 5. The van der Waals surface area contributed by atoms with Crippen molar-refractivity contribution in [2.75, 3.05) is 13.7 Å². The zero-order valence-electron chi connectivity index (χ0n) is 16.3. The van der Waals surface area contributed by atoms with Gasteiger partial charge < -0.3 is 14.2 Å². The largest absolute Gasteiger partial charge is 0.378 e. The standard InChI is InChI=1S/C22H29N3O2/c1-3-27-20-15-19(22(20)10-5-4-6-11-22)24(2)21(26)17-8-7-9-18(14-17)25-13-12-23-16-25/h7-9,12-14,16,19-20H,3-6,10-11,15H2,1-2H3/t19-,20+/m0/s1. The summed E-state index contributed by atoms with van der Waals surface area (Å²) in [6.07, 6.45) is 12.8. The highest BCUT2D eigenvalue weighted by Gasteiger charge is 2.57. The summed E-state index contributed by atoms with van der Waals surface area (Å²) in [5, 5.41) is 0. The minimum Gasteiger partial charge on any atom is -0.378 e. The van der Waals surface area contributed by atoms with Crippen LogP contribution in [0.15, 0.2) is 43.0 Å². The lowest BCUT2D eigenvalue weighted by Crippen LogP contribution is -2.65. The van der Waals surface area contributed by atoms with Crippen molar-refractivity contribution in [2.24, 2.45) is 5.41 Å². The molecule has 2 fully saturated rings. The number of hydrogen-bond donors (Lipinski definition) is 0. The van der Waals surface area contributed by atoms with Crippen LogP contribution in [-0.2, 0) is 4.74 Å². The van der Waals surface area contributed by atoms with Crippen LogP contribution in [0, 0.1) is 5.41 Å². The van der Waals surface area contributed by atoms with Gasteiger partial charge in [0.05, 0.1) is 12.4 Å². The molecule has 2 atom stereocenters. The molecule has 2 saturated carbocycles. The first kappa shape index (κ1) is 18.2. The Morgan fingerprint density at radius 1 is 1.33 bits per heavy atom. The van der Waals surface area contributed by atoms with E-state index in [0.717, 1.165) is 24.3 Å². The second kappa shape index (κ2) is 7.47. The van der Waals surface area contributed by atoms with Crippen LogP contribution in [0.3, 0.4) is 0 Å². The number of benzene rings is 1. The number of carbonyl (C=O) groups is 1. The quantitative estimate of drug-likeness (QED) is 0.800. The molecule has 2 aromatic rings. The molecule has 1 aromatic carbocycles. The predicted octanol–water partition coefficient (Wildman–Crippen LogP) is 4.07. The van der Waals surface area contributed by atoms with Gasteiger partial charge in [0.1, 0.15) is 0 Å². The van der Waals surface area contributed by atoms with Crippen molar-refractivity contribution in [3.05, 3.63) is 48.5 Å². The van der Waals surface area contributed by atoms with Crippen molar-refractivity contribution in [2.45, 2.75) is 57.6 Å². The summed E-state index contributed by atoms with van der Waals surface area (Å²) < 4.78 is 7.98. The van der Waals surface area contributed by atoms with E-state index in [0.29, 0.717) is 6.10 Å². The van der Waals surface area contributed by atoms with Gasteiger partial charge in [-0.3, -0.25) is 4.79 Å². The lowest BCUT2D eigenvalue weighted by molar-refractivity contribution is -0.170. The second-order valence-corrected chi connectivity index (χ2v) is 7.93. The normalized spacial score (nSPS) is 23.8.